The molecule has 0 spiro atoms. The molecule has 3 aromatic rings. The highest BCUT2D eigenvalue weighted by Gasteiger charge is 2.16. The van der Waals surface area contributed by atoms with E-state index in [1.165, 1.54) is 6.07 Å². The predicted molar refractivity (Wildman–Crippen MR) is 86.0 cm³/mol. The molecule has 0 unspecified atom stereocenters. The van der Waals surface area contributed by atoms with Gasteiger partial charge in [-0.25, -0.2) is 9.37 Å². The van der Waals surface area contributed by atoms with E-state index in [9.17, 15) is 9.18 Å². The largest absolute Gasteiger partial charge is 0.481 e. The van der Waals surface area contributed by atoms with Crippen molar-refractivity contribution < 1.29 is 14.3 Å². The van der Waals surface area contributed by atoms with Crippen LogP contribution in [0.15, 0.2) is 36.5 Å². The first kappa shape index (κ1) is 15.2. The van der Waals surface area contributed by atoms with E-state index in [2.05, 4.69) is 4.98 Å². The first-order valence-corrected chi connectivity index (χ1v) is 7.42. The second-order valence-corrected chi connectivity index (χ2v) is 5.65. The smallest absolute Gasteiger partial charge is 0.303 e. The number of aromatic nitrogens is 2. The number of carboxylic acid groups (broad SMARTS) is 1. The summed E-state index contributed by atoms with van der Waals surface area (Å²) in [6.07, 6.45) is 2.27. The van der Waals surface area contributed by atoms with Gasteiger partial charge in [0.2, 0.25) is 0 Å². The Morgan fingerprint density at radius 2 is 2.04 bits per heavy atom. The number of hydrogen-bond donors (Lipinski definition) is 1. The van der Waals surface area contributed by atoms with Crippen LogP contribution in [0.25, 0.3) is 16.9 Å². The first-order chi connectivity index (χ1) is 11.0. The summed E-state index contributed by atoms with van der Waals surface area (Å²) in [6.45, 7) is 3.67. The minimum Gasteiger partial charge on any atom is -0.481 e. The van der Waals surface area contributed by atoms with Gasteiger partial charge in [0.1, 0.15) is 11.5 Å². The van der Waals surface area contributed by atoms with Gasteiger partial charge in [-0.3, -0.25) is 4.79 Å². The summed E-state index contributed by atoms with van der Waals surface area (Å²) in [5.74, 6) is -1.12. The van der Waals surface area contributed by atoms with E-state index < -0.39 is 5.97 Å². The zero-order chi connectivity index (χ0) is 16.6. The predicted octanol–water partition coefficient (Wildman–Crippen LogP) is 3.77. The molecule has 0 bridgehead atoms. The van der Waals surface area contributed by atoms with Gasteiger partial charge in [0.25, 0.3) is 0 Å². The summed E-state index contributed by atoms with van der Waals surface area (Å²) in [5, 5.41) is 9.00. The van der Waals surface area contributed by atoms with Gasteiger partial charge in [-0.1, -0.05) is 6.07 Å². The summed E-state index contributed by atoms with van der Waals surface area (Å²) in [4.78, 5) is 15.6. The molecule has 2 aromatic heterocycles. The molecule has 2 heterocycles. The van der Waals surface area contributed by atoms with Crippen molar-refractivity contribution >= 4 is 11.6 Å². The molecular weight excluding hydrogens is 295 g/mol. The van der Waals surface area contributed by atoms with Crippen molar-refractivity contribution in [3.8, 4) is 11.3 Å². The number of benzene rings is 1. The maximum atomic E-state index is 13.5. The van der Waals surface area contributed by atoms with Crippen LogP contribution in [0, 0.1) is 19.7 Å². The molecule has 0 amide bonds. The molecule has 0 aliphatic heterocycles. The average Bonchev–Trinajstić information content (AvgIpc) is 2.88. The summed E-state index contributed by atoms with van der Waals surface area (Å²) in [7, 11) is 0. The van der Waals surface area contributed by atoms with E-state index >= 15 is 0 Å². The van der Waals surface area contributed by atoms with Crippen LogP contribution >= 0.6 is 0 Å². The highest BCUT2D eigenvalue weighted by Crippen LogP contribution is 2.28. The van der Waals surface area contributed by atoms with E-state index in [0.29, 0.717) is 17.7 Å². The number of carboxylic acids is 1. The molecule has 3 rings (SSSR count). The fourth-order valence-electron chi connectivity index (χ4n) is 2.74. The highest BCUT2D eigenvalue weighted by atomic mass is 19.1. The van der Waals surface area contributed by atoms with Crippen molar-refractivity contribution in [1.29, 1.82) is 0 Å². The van der Waals surface area contributed by atoms with Crippen molar-refractivity contribution in [2.45, 2.75) is 26.7 Å². The minimum absolute atomic E-state index is 0.0227. The molecule has 0 atom stereocenters. The maximum absolute atomic E-state index is 13.5. The Balaban J connectivity index is 2.21. The van der Waals surface area contributed by atoms with Crippen LogP contribution in [0.1, 0.15) is 23.2 Å². The summed E-state index contributed by atoms with van der Waals surface area (Å²) in [6, 6.07) is 8.72. The Morgan fingerprint density at radius 1 is 1.26 bits per heavy atom. The minimum atomic E-state index is -0.853. The maximum Gasteiger partial charge on any atom is 0.303 e. The van der Waals surface area contributed by atoms with E-state index in [0.717, 1.165) is 22.5 Å². The molecule has 118 valence electrons. The Bertz CT molecular complexity index is 899. The number of aliphatic carboxylic acids is 1. The molecule has 23 heavy (non-hydrogen) atoms. The lowest BCUT2D eigenvalue weighted by atomic mass is 10.0. The summed E-state index contributed by atoms with van der Waals surface area (Å²) >= 11 is 0. The number of rotatable bonds is 4. The fraction of sp³-hybridized carbons (Fsp3) is 0.222. The standard InChI is InChI=1S/C18H17FN2O2/c1-11-4-3-9-21-15(7-8-16(22)23)17(20-18(11)21)13-5-6-14(19)12(2)10-13/h3-6,9-10H,7-8H2,1-2H3,(H,22,23). The third-order valence-electron chi connectivity index (χ3n) is 3.95. The van der Waals surface area contributed by atoms with Crippen LogP contribution in [0.4, 0.5) is 4.39 Å². The number of aryl methyl sites for hydroxylation is 3. The lowest BCUT2D eigenvalue weighted by Gasteiger charge is -2.05. The molecule has 4 nitrogen and oxygen atoms in total. The van der Waals surface area contributed by atoms with Crippen molar-refractivity contribution in [3.63, 3.8) is 0 Å². The van der Waals surface area contributed by atoms with Crippen molar-refractivity contribution in [2.24, 2.45) is 0 Å². The van der Waals surface area contributed by atoms with Crippen LogP contribution < -0.4 is 0 Å². The van der Waals surface area contributed by atoms with Gasteiger partial charge in [0.15, 0.2) is 0 Å². The number of fused-ring (bicyclic) bond motifs is 1. The number of hydrogen-bond acceptors (Lipinski definition) is 2. The van der Waals surface area contributed by atoms with Crippen LogP contribution in [0.2, 0.25) is 0 Å². The molecule has 5 heteroatoms. The second kappa shape index (κ2) is 5.83. The Kier molecular flexibility index (Phi) is 3.86. The van der Waals surface area contributed by atoms with Crippen LogP contribution in [0.3, 0.4) is 0 Å². The zero-order valence-electron chi connectivity index (χ0n) is 13.0. The molecule has 1 aromatic carbocycles. The third-order valence-corrected chi connectivity index (χ3v) is 3.95. The van der Waals surface area contributed by atoms with Gasteiger partial charge >= 0.3 is 5.97 Å². The summed E-state index contributed by atoms with van der Waals surface area (Å²) in [5.41, 5.74) is 4.69. The number of halogens is 1. The normalized spacial score (nSPS) is 11.1. The molecule has 1 N–H and O–H groups in total. The molecule has 0 aliphatic rings. The van der Waals surface area contributed by atoms with Crippen molar-refractivity contribution in [3.05, 3.63) is 59.2 Å². The monoisotopic (exact) mass is 312 g/mol. The van der Waals surface area contributed by atoms with Gasteiger partial charge in [-0.15, -0.1) is 0 Å². The van der Waals surface area contributed by atoms with Gasteiger partial charge in [0.05, 0.1) is 17.8 Å². The number of pyridine rings is 1. The third kappa shape index (κ3) is 2.82. The Labute approximate surface area is 133 Å². The van der Waals surface area contributed by atoms with Gasteiger partial charge in [-0.2, -0.15) is 0 Å². The zero-order valence-corrected chi connectivity index (χ0v) is 13.0. The molecule has 0 saturated heterocycles. The van der Waals surface area contributed by atoms with Gasteiger partial charge in [0, 0.05) is 18.2 Å². The average molecular weight is 312 g/mol. The van der Waals surface area contributed by atoms with Gasteiger partial charge < -0.3 is 9.51 Å². The Hall–Kier alpha value is -2.69. The second-order valence-electron chi connectivity index (χ2n) is 5.65. The van der Waals surface area contributed by atoms with E-state index in [1.54, 1.807) is 19.1 Å². The van der Waals surface area contributed by atoms with Gasteiger partial charge in [-0.05, 0) is 49.2 Å². The van der Waals surface area contributed by atoms with Crippen LogP contribution in [0.5, 0.6) is 0 Å². The Morgan fingerprint density at radius 3 is 2.74 bits per heavy atom. The topological polar surface area (TPSA) is 54.6 Å². The highest BCUT2D eigenvalue weighted by molar-refractivity contribution is 5.71. The molecular formula is C18H17FN2O2. The molecule has 0 radical (unpaired) electrons. The number of carbonyl (C=O) groups is 1. The fourth-order valence-corrected chi connectivity index (χ4v) is 2.74. The SMILES string of the molecule is Cc1cc(-c2nc3c(C)cccn3c2CCC(=O)O)ccc1F. The van der Waals surface area contributed by atoms with E-state index in [4.69, 9.17) is 5.11 Å². The number of nitrogens with zero attached hydrogens (tertiary/aromatic N) is 2. The number of imidazole rings is 1. The quantitative estimate of drug-likeness (QED) is 0.798. The van der Waals surface area contributed by atoms with Crippen LogP contribution in [-0.2, 0) is 11.2 Å². The lowest BCUT2D eigenvalue weighted by molar-refractivity contribution is -0.136. The van der Waals surface area contributed by atoms with Crippen molar-refractivity contribution in [1.82, 2.24) is 9.38 Å². The van der Waals surface area contributed by atoms with Crippen molar-refractivity contribution in [2.75, 3.05) is 0 Å². The molecule has 0 aliphatic carbocycles. The summed E-state index contributed by atoms with van der Waals surface area (Å²) < 4.78 is 15.5. The lowest BCUT2D eigenvalue weighted by Crippen LogP contribution is -2.02. The van der Waals surface area contributed by atoms with Crippen LogP contribution in [-0.4, -0.2) is 20.5 Å². The molecule has 0 saturated carbocycles. The first-order valence-electron chi connectivity index (χ1n) is 7.42. The van der Waals surface area contributed by atoms with E-state index in [1.807, 2.05) is 29.7 Å². The van der Waals surface area contributed by atoms with E-state index in [-0.39, 0.29) is 12.2 Å². The molecule has 0 fully saturated rings.